The first-order valence-corrected chi connectivity index (χ1v) is 5.47. The fourth-order valence-electron chi connectivity index (χ4n) is 1.64. The molecule has 0 amide bonds. The van der Waals surface area contributed by atoms with Crippen LogP contribution in [0.15, 0.2) is 22.7 Å². The highest BCUT2D eigenvalue weighted by molar-refractivity contribution is 9.10. The van der Waals surface area contributed by atoms with Gasteiger partial charge in [0, 0.05) is 15.1 Å². The van der Waals surface area contributed by atoms with E-state index in [9.17, 15) is 5.11 Å². The number of halogens is 2. The molecule has 2 rings (SSSR count). The van der Waals surface area contributed by atoms with Crippen molar-refractivity contribution in [1.82, 2.24) is 0 Å². The van der Waals surface area contributed by atoms with Crippen molar-refractivity contribution in [3.63, 3.8) is 0 Å². The average Bonchev–Trinajstić information content (AvgIpc) is 2.05. The van der Waals surface area contributed by atoms with Gasteiger partial charge in [-0.3, -0.25) is 0 Å². The molecular formula is C10H10BrClO. The lowest BCUT2D eigenvalue weighted by Gasteiger charge is -2.37. The fourth-order valence-corrected chi connectivity index (χ4v) is 2.29. The molecule has 0 radical (unpaired) electrons. The molecule has 1 fully saturated rings. The largest absolute Gasteiger partial charge is 0.385 e. The second-order valence-corrected chi connectivity index (χ2v) is 4.83. The van der Waals surface area contributed by atoms with Crippen LogP contribution < -0.4 is 0 Å². The van der Waals surface area contributed by atoms with Gasteiger partial charge in [0.05, 0.1) is 5.60 Å². The van der Waals surface area contributed by atoms with Crippen LogP contribution in [0, 0.1) is 0 Å². The zero-order valence-electron chi connectivity index (χ0n) is 7.06. The number of aliphatic hydroxyl groups is 1. The molecule has 1 aromatic rings. The summed E-state index contributed by atoms with van der Waals surface area (Å²) in [4.78, 5) is 0. The summed E-state index contributed by atoms with van der Waals surface area (Å²) in [6, 6.07) is 5.60. The summed E-state index contributed by atoms with van der Waals surface area (Å²) in [7, 11) is 0. The van der Waals surface area contributed by atoms with Gasteiger partial charge in [-0.15, -0.1) is 0 Å². The molecule has 1 saturated carbocycles. The van der Waals surface area contributed by atoms with Crippen molar-refractivity contribution in [3.8, 4) is 0 Å². The molecule has 0 saturated heterocycles. The predicted molar refractivity (Wildman–Crippen MR) is 56.9 cm³/mol. The highest BCUT2D eigenvalue weighted by Gasteiger charge is 2.37. The number of hydrogen-bond acceptors (Lipinski definition) is 1. The zero-order valence-corrected chi connectivity index (χ0v) is 9.40. The van der Waals surface area contributed by atoms with Crippen molar-refractivity contribution in [1.29, 1.82) is 0 Å². The molecule has 0 unspecified atom stereocenters. The van der Waals surface area contributed by atoms with Crippen molar-refractivity contribution in [2.24, 2.45) is 0 Å². The maximum atomic E-state index is 10.1. The lowest BCUT2D eigenvalue weighted by molar-refractivity contribution is -0.0387. The lowest BCUT2D eigenvalue weighted by Crippen LogP contribution is -2.33. The van der Waals surface area contributed by atoms with Gasteiger partial charge in [-0.1, -0.05) is 27.5 Å². The van der Waals surface area contributed by atoms with Crippen LogP contribution in [0.1, 0.15) is 24.8 Å². The summed E-state index contributed by atoms with van der Waals surface area (Å²) in [6.07, 6.45) is 2.73. The van der Waals surface area contributed by atoms with Crippen LogP contribution in [0.3, 0.4) is 0 Å². The van der Waals surface area contributed by atoms with Crippen LogP contribution >= 0.6 is 27.5 Å². The summed E-state index contributed by atoms with van der Waals surface area (Å²) in [5.74, 6) is 0. The highest BCUT2D eigenvalue weighted by atomic mass is 79.9. The number of rotatable bonds is 1. The van der Waals surface area contributed by atoms with E-state index in [2.05, 4.69) is 15.9 Å². The quantitative estimate of drug-likeness (QED) is 0.821. The third-order valence-corrected chi connectivity index (χ3v) is 3.43. The second kappa shape index (κ2) is 3.26. The predicted octanol–water partition coefficient (Wildman–Crippen LogP) is 3.47. The summed E-state index contributed by atoms with van der Waals surface area (Å²) in [6.45, 7) is 0. The van der Waals surface area contributed by atoms with Crippen molar-refractivity contribution >= 4 is 27.5 Å². The molecule has 1 aliphatic carbocycles. The van der Waals surface area contributed by atoms with Crippen LogP contribution in [0.4, 0.5) is 0 Å². The topological polar surface area (TPSA) is 20.2 Å². The molecule has 1 aromatic carbocycles. The SMILES string of the molecule is OC1(c2cc(Br)ccc2Cl)CCC1. The van der Waals surface area contributed by atoms with Crippen LogP contribution in [0.2, 0.25) is 5.02 Å². The van der Waals surface area contributed by atoms with Gasteiger partial charge in [-0.05, 0) is 37.5 Å². The molecule has 1 nitrogen and oxygen atoms in total. The maximum Gasteiger partial charge on any atom is 0.0911 e. The molecular weight excluding hydrogens is 251 g/mol. The minimum Gasteiger partial charge on any atom is -0.385 e. The zero-order chi connectivity index (χ0) is 9.47. The summed E-state index contributed by atoms with van der Waals surface area (Å²) in [5.41, 5.74) is 0.190. The monoisotopic (exact) mass is 260 g/mol. The van der Waals surface area contributed by atoms with Gasteiger partial charge in [0.1, 0.15) is 0 Å². The fraction of sp³-hybridized carbons (Fsp3) is 0.400. The number of benzene rings is 1. The minimum atomic E-state index is -0.666. The maximum absolute atomic E-state index is 10.1. The van der Waals surface area contributed by atoms with E-state index in [1.54, 1.807) is 0 Å². The molecule has 0 aromatic heterocycles. The van der Waals surface area contributed by atoms with Crippen LogP contribution in [-0.2, 0) is 5.60 Å². The molecule has 1 N–H and O–H groups in total. The Kier molecular flexibility index (Phi) is 2.39. The Bertz CT molecular complexity index is 334. The van der Waals surface area contributed by atoms with Crippen molar-refractivity contribution < 1.29 is 5.11 Å². The Morgan fingerprint density at radius 3 is 2.62 bits per heavy atom. The molecule has 0 spiro atoms. The summed E-state index contributed by atoms with van der Waals surface area (Å²) < 4.78 is 0.965. The first-order valence-electron chi connectivity index (χ1n) is 4.30. The lowest BCUT2D eigenvalue weighted by atomic mass is 9.75. The van der Waals surface area contributed by atoms with E-state index in [1.165, 1.54) is 0 Å². The minimum absolute atomic E-state index is 0.658. The van der Waals surface area contributed by atoms with Gasteiger partial charge < -0.3 is 5.11 Å². The van der Waals surface area contributed by atoms with Gasteiger partial charge >= 0.3 is 0 Å². The van der Waals surface area contributed by atoms with Gasteiger partial charge in [-0.25, -0.2) is 0 Å². The Morgan fingerprint density at radius 1 is 1.38 bits per heavy atom. The van der Waals surface area contributed by atoms with Crippen molar-refractivity contribution in [2.75, 3.05) is 0 Å². The molecule has 0 bridgehead atoms. The summed E-state index contributed by atoms with van der Waals surface area (Å²) >= 11 is 9.38. The molecule has 70 valence electrons. The molecule has 3 heteroatoms. The van der Waals surface area contributed by atoms with Crippen LogP contribution in [0.5, 0.6) is 0 Å². The van der Waals surface area contributed by atoms with Crippen molar-refractivity contribution in [2.45, 2.75) is 24.9 Å². The van der Waals surface area contributed by atoms with Crippen LogP contribution in [0.25, 0.3) is 0 Å². The van der Waals surface area contributed by atoms with E-state index in [0.717, 1.165) is 29.3 Å². The first-order chi connectivity index (χ1) is 6.12. The van der Waals surface area contributed by atoms with E-state index >= 15 is 0 Å². The Hall–Kier alpha value is -0.0500. The van der Waals surface area contributed by atoms with Gasteiger partial charge in [-0.2, -0.15) is 0 Å². The third kappa shape index (κ3) is 1.63. The molecule has 0 aliphatic heterocycles. The average molecular weight is 262 g/mol. The normalized spacial score (nSPS) is 19.6. The second-order valence-electron chi connectivity index (χ2n) is 3.51. The van der Waals surface area contributed by atoms with E-state index < -0.39 is 5.60 Å². The smallest absolute Gasteiger partial charge is 0.0911 e. The van der Waals surface area contributed by atoms with E-state index in [0.29, 0.717) is 5.02 Å². The first kappa shape index (κ1) is 9.50. The molecule has 0 atom stereocenters. The van der Waals surface area contributed by atoms with E-state index in [-0.39, 0.29) is 0 Å². The third-order valence-electron chi connectivity index (χ3n) is 2.61. The molecule has 13 heavy (non-hydrogen) atoms. The van der Waals surface area contributed by atoms with Gasteiger partial charge in [0.2, 0.25) is 0 Å². The summed E-state index contributed by atoms with van der Waals surface area (Å²) in [5, 5.41) is 10.7. The highest BCUT2D eigenvalue weighted by Crippen LogP contribution is 2.44. The van der Waals surface area contributed by atoms with Gasteiger partial charge in [0.15, 0.2) is 0 Å². The van der Waals surface area contributed by atoms with Crippen LogP contribution in [-0.4, -0.2) is 5.11 Å². The van der Waals surface area contributed by atoms with E-state index in [4.69, 9.17) is 11.6 Å². The molecule has 1 aliphatic rings. The van der Waals surface area contributed by atoms with E-state index in [1.807, 2.05) is 18.2 Å². The Morgan fingerprint density at radius 2 is 2.08 bits per heavy atom. The Balaban J connectivity index is 2.43. The molecule has 0 heterocycles. The number of hydrogen-bond donors (Lipinski definition) is 1. The van der Waals surface area contributed by atoms with Gasteiger partial charge in [0.25, 0.3) is 0 Å². The standard InChI is InChI=1S/C10H10BrClO/c11-7-2-3-9(12)8(6-7)10(13)4-1-5-10/h2-3,6,13H,1,4-5H2. The van der Waals surface area contributed by atoms with Crippen molar-refractivity contribution in [3.05, 3.63) is 33.3 Å². The Labute approximate surface area is 90.9 Å².